The highest BCUT2D eigenvalue weighted by atomic mass is 32.1. The van der Waals surface area contributed by atoms with Crippen molar-refractivity contribution in [2.75, 3.05) is 85.4 Å². The van der Waals surface area contributed by atoms with Gasteiger partial charge in [-0.1, -0.05) is 6.58 Å². The maximum atomic E-state index is 14.2. The lowest BCUT2D eigenvalue weighted by Gasteiger charge is -2.48. The molecule has 4 unspecified atom stereocenters. The number of carbonyl (C=O) groups excluding carboxylic acids is 6. The summed E-state index contributed by atoms with van der Waals surface area (Å²) >= 11 is 1.68. The molecule has 6 atom stereocenters. The molecule has 3 N–H and O–H groups in total. The van der Waals surface area contributed by atoms with Gasteiger partial charge in [-0.3, -0.25) is 43.5 Å². The van der Waals surface area contributed by atoms with Crippen molar-refractivity contribution in [1.29, 1.82) is 0 Å². The van der Waals surface area contributed by atoms with Crippen LogP contribution in [-0.4, -0.2) is 166 Å². The summed E-state index contributed by atoms with van der Waals surface area (Å²) in [7, 11) is 2.92. The number of aliphatic hydroxyl groups excluding tert-OH is 1. The summed E-state index contributed by atoms with van der Waals surface area (Å²) in [5.41, 5.74) is 6.18. The van der Waals surface area contributed by atoms with Gasteiger partial charge in [0.05, 0.1) is 59.4 Å². The predicted molar refractivity (Wildman–Crippen MR) is 290 cm³/mol. The number of aryl methyl sites for hydroxylation is 1. The van der Waals surface area contributed by atoms with Crippen molar-refractivity contribution < 1.29 is 38.6 Å². The standard InChI is InChI=1S/C56H67N11O8S/c1-6-48(69)59-41-27-34(58-51-52(75-5)57-29-47(60-51)65-21-9-11-43(45(65)31-68)66-23-20-38-37-10-7-8-12-46(37)76-50(38)56(66)74)13-16-42(41)64-25-24-62(30-33(64)3)35-19-22-63(32(2)26-35)36-14-15-39-40(28-36)54(72)67(53(39)71)44-17-18-49(70)61(4)55(44)73/h6,13-16,27-29,32-33,35,43-45,68H,1,7-12,17-26,30-31H2,2-5H3,(H,58,60)(H,59,69)/t32-,33+,35?,43?,44?,45?/m1/s1. The number of amides is 6. The summed E-state index contributed by atoms with van der Waals surface area (Å²) in [6.45, 7) is 12.3. The number of piperidine rings is 3. The first-order valence-corrected chi connectivity index (χ1v) is 27.8. The van der Waals surface area contributed by atoms with Gasteiger partial charge in [-0.2, -0.15) is 0 Å². The lowest BCUT2D eigenvalue weighted by Crippen LogP contribution is -2.60. The minimum atomic E-state index is -0.998. The van der Waals surface area contributed by atoms with Crippen LogP contribution in [0.5, 0.6) is 5.88 Å². The van der Waals surface area contributed by atoms with E-state index >= 15 is 0 Å². The van der Waals surface area contributed by atoms with E-state index in [4.69, 9.17) is 9.72 Å². The van der Waals surface area contributed by atoms with Crippen LogP contribution in [0.15, 0.2) is 55.3 Å². The molecule has 0 radical (unpaired) electrons. The van der Waals surface area contributed by atoms with E-state index < -0.39 is 23.8 Å². The Bertz CT molecular complexity index is 3020. The molecule has 1 aliphatic carbocycles. The number of benzene rings is 2. The summed E-state index contributed by atoms with van der Waals surface area (Å²) in [5.74, 6) is -0.937. The highest BCUT2D eigenvalue weighted by Gasteiger charge is 2.47. The van der Waals surface area contributed by atoms with Gasteiger partial charge in [-0.15, -0.1) is 11.3 Å². The van der Waals surface area contributed by atoms with Gasteiger partial charge < -0.3 is 40.1 Å². The molecule has 2 aromatic carbocycles. The number of nitrogens with one attached hydrogen (secondary N) is 2. The molecule has 6 aliphatic heterocycles. The monoisotopic (exact) mass is 1050 g/mol. The van der Waals surface area contributed by atoms with Gasteiger partial charge in [0.15, 0.2) is 5.82 Å². The second-order valence-electron chi connectivity index (χ2n) is 21.4. The highest BCUT2D eigenvalue weighted by molar-refractivity contribution is 7.14. The van der Waals surface area contributed by atoms with Crippen LogP contribution in [0.1, 0.15) is 112 Å². The first-order chi connectivity index (χ1) is 36.8. The predicted octanol–water partition coefficient (Wildman–Crippen LogP) is 5.63. The van der Waals surface area contributed by atoms with Crippen LogP contribution in [-0.2, 0) is 33.6 Å². The summed E-state index contributed by atoms with van der Waals surface area (Å²) in [6.07, 6.45) is 11.8. The van der Waals surface area contributed by atoms with Crippen LogP contribution < -0.4 is 30.1 Å². The van der Waals surface area contributed by atoms with Crippen LogP contribution in [0.25, 0.3) is 0 Å². The number of likely N-dealkylation sites (tertiary alicyclic amines) is 1. The minimum absolute atomic E-state index is 0.0779. The van der Waals surface area contributed by atoms with E-state index in [-0.39, 0.29) is 78.3 Å². The minimum Gasteiger partial charge on any atom is -0.478 e. The number of piperazine rings is 1. The number of methoxy groups -OCH3 is 1. The van der Waals surface area contributed by atoms with Crippen LogP contribution in [0.3, 0.4) is 0 Å². The third-order valence-electron chi connectivity index (χ3n) is 17.1. The molecule has 4 aromatic rings. The molecule has 0 spiro atoms. The number of hydrogen-bond acceptors (Lipinski definition) is 16. The number of nitrogens with zero attached hydrogens (tertiary/aromatic N) is 9. The highest BCUT2D eigenvalue weighted by Crippen LogP contribution is 2.41. The number of aromatic nitrogens is 2. The third-order valence-corrected chi connectivity index (χ3v) is 18.4. The number of likely N-dealkylation sites (N-methyl/N-ethyl adjacent to an activating group) is 1. The fourth-order valence-electron chi connectivity index (χ4n) is 13.2. The molecule has 400 valence electrons. The number of thiophene rings is 1. The molecule has 8 heterocycles. The Morgan fingerprint density at radius 3 is 2.43 bits per heavy atom. The topological polar surface area (TPSA) is 204 Å². The molecule has 0 bridgehead atoms. The number of rotatable bonds is 12. The molecule has 4 fully saturated rings. The zero-order valence-corrected chi connectivity index (χ0v) is 44.6. The summed E-state index contributed by atoms with van der Waals surface area (Å²) in [5, 5.41) is 17.5. The van der Waals surface area contributed by atoms with Crippen molar-refractivity contribution in [1.82, 2.24) is 29.6 Å². The van der Waals surface area contributed by atoms with Crippen molar-refractivity contribution in [3.63, 3.8) is 0 Å². The second-order valence-corrected chi connectivity index (χ2v) is 22.5. The molecule has 0 saturated carbocycles. The average Bonchev–Trinajstić information content (AvgIpc) is 3.95. The van der Waals surface area contributed by atoms with E-state index in [1.807, 2.05) is 29.2 Å². The van der Waals surface area contributed by atoms with Crippen LogP contribution in [0.2, 0.25) is 0 Å². The first kappa shape index (κ1) is 51.2. The summed E-state index contributed by atoms with van der Waals surface area (Å²) in [6, 6.07) is 10.1. The van der Waals surface area contributed by atoms with Crippen LogP contribution >= 0.6 is 11.3 Å². The number of aliphatic hydroxyl groups is 1. The van der Waals surface area contributed by atoms with Crippen LogP contribution in [0.4, 0.5) is 34.4 Å². The van der Waals surface area contributed by atoms with Gasteiger partial charge in [-0.05, 0) is 132 Å². The Morgan fingerprint density at radius 2 is 1.66 bits per heavy atom. The zero-order valence-electron chi connectivity index (χ0n) is 43.8. The normalized spacial score (nSPS) is 25.1. The molecular weight excluding hydrogens is 987 g/mol. The Morgan fingerprint density at radius 1 is 0.842 bits per heavy atom. The molecule has 7 aliphatic rings. The largest absolute Gasteiger partial charge is 0.478 e. The second kappa shape index (κ2) is 20.9. The molecule has 6 amide bonds. The maximum Gasteiger partial charge on any atom is 0.264 e. The van der Waals surface area contributed by atoms with Gasteiger partial charge in [0.25, 0.3) is 29.5 Å². The van der Waals surface area contributed by atoms with E-state index in [9.17, 15) is 33.9 Å². The number of imide groups is 2. The fraction of sp³-hybridized carbons (Fsp3) is 0.500. The lowest BCUT2D eigenvalue weighted by atomic mass is 9.89. The van der Waals surface area contributed by atoms with Gasteiger partial charge >= 0.3 is 0 Å². The Labute approximate surface area is 446 Å². The number of carbonyl (C=O) groups is 6. The molecule has 76 heavy (non-hydrogen) atoms. The molecule has 2 aromatic heterocycles. The van der Waals surface area contributed by atoms with Crippen molar-refractivity contribution >= 4 is 81.2 Å². The quantitative estimate of drug-likeness (QED) is 0.116. The van der Waals surface area contributed by atoms with Crippen molar-refractivity contribution in [2.45, 2.75) is 121 Å². The smallest absolute Gasteiger partial charge is 0.264 e. The van der Waals surface area contributed by atoms with E-state index in [1.165, 1.54) is 49.1 Å². The molecule has 11 rings (SSSR count). The average molecular weight is 1050 g/mol. The van der Waals surface area contributed by atoms with Gasteiger partial charge in [0.2, 0.25) is 11.8 Å². The van der Waals surface area contributed by atoms with Gasteiger partial charge in [0.1, 0.15) is 11.9 Å². The number of fused-ring (bicyclic) bond motifs is 4. The van der Waals surface area contributed by atoms with Gasteiger partial charge in [0, 0.05) is 87.1 Å². The van der Waals surface area contributed by atoms with Crippen LogP contribution in [0, 0.1) is 0 Å². The van der Waals surface area contributed by atoms with Crippen molar-refractivity contribution in [3.05, 3.63) is 87.3 Å². The van der Waals surface area contributed by atoms with Crippen molar-refractivity contribution in [2.24, 2.45) is 0 Å². The Balaban J connectivity index is 0.753. The summed E-state index contributed by atoms with van der Waals surface area (Å²) in [4.78, 5) is 105. The van der Waals surface area contributed by atoms with E-state index in [0.717, 1.165) is 90.6 Å². The van der Waals surface area contributed by atoms with Gasteiger partial charge in [-0.25, -0.2) is 9.97 Å². The van der Waals surface area contributed by atoms with E-state index in [1.54, 1.807) is 29.7 Å². The SMILES string of the molecule is C=CC(=O)Nc1cc(Nc2nc(N3CCCC(N4CCc5c(sc6c5CCCC6)C4=O)C3CO)cnc2OC)ccc1N1CCN(C2CCN(c3ccc4c(c3)C(=O)N(C3CCC(=O)N(C)C3=O)C4=O)[C@H](C)C2)C[C@@H]1C. The van der Waals surface area contributed by atoms with E-state index in [0.29, 0.717) is 48.7 Å². The number of ether oxygens (including phenoxy) is 1. The molecule has 20 heteroatoms. The first-order valence-electron chi connectivity index (χ1n) is 26.9. The molecule has 4 saturated heterocycles. The fourth-order valence-corrected chi connectivity index (χ4v) is 14.6. The number of anilines is 6. The molecule has 19 nitrogen and oxygen atoms in total. The third kappa shape index (κ3) is 9.14. The van der Waals surface area contributed by atoms with E-state index in [2.05, 4.69) is 55.6 Å². The molecular formula is C56H67N11O8S. The number of hydrogen-bond donors (Lipinski definition) is 3. The zero-order chi connectivity index (χ0) is 53.1. The maximum absolute atomic E-state index is 14.2. The lowest BCUT2D eigenvalue weighted by molar-refractivity contribution is -0.149. The van der Waals surface area contributed by atoms with Crippen molar-refractivity contribution in [3.8, 4) is 5.88 Å². The summed E-state index contributed by atoms with van der Waals surface area (Å²) < 4.78 is 5.71. The Kier molecular flexibility index (Phi) is 14.1. The Hall–Kier alpha value is -6.90.